The summed E-state index contributed by atoms with van der Waals surface area (Å²) in [6, 6.07) is 11.1. The van der Waals surface area contributed by atoms with Crippen molar-refractivity contribution >= 4 is 11.6 Å². The van der Waals surface area contributed by atoms with E-state index in [9.17, 15) is 0 Å². The highest BCUT2D eigenvalue weighted by atomic mass is 15.3. The van der Waals surface area contributed by atoms with Gasteiger partial charge in [0, 0.05) is 24.8 Å². The number of hydrogen-bond donors (Lipinski definition) is 2. The zero-order valence-electron chi connectivity index (χ0n) is 10.6. The Hall–Kier alpha value is -1.55. The maximum Gasteiger partial charge on any atom is 0.198 e. The van der Waals surface area contributed by atoms with Crippen molar-refractivity contribution in [2.75, 3.05) is 31.1 Å². The molecule has 4 heteroatoms. The second-order valence-corrected chi connectivity index (χ2v) is 4.87. The second-order valence-electron chi connectivity index (χ2n) is 4.87. The van der Waals surface area contributed by atoms with Gasteiger partial charge in [0.05, 0.1) is 6.54 Å². The monoisotopic (exact) mass is 244 g/mol. The maximum absolute atomic E-state index is 4.56. The minimum absolute atomic E-state index is 0.603. The van der Waals surface area contributed by atoms with E-state index in [0.717, 1.165) is 32.1 Å². The molecule has 0 bridgehead atoms. The molecule has 1 aromatic carbocycles. The first-order valence-corrected chi connectivity index (χ1v) is 6.78. The van der Waals surface area contributed by atoms with Gasteiger partial charge >= 0.3 is 0 Å². The molecule has 4 nitrogen and oxygen atoms in total. The number of rotatable bonds is 3. The Morgan fingerprint density at radius 1 is 1.33 bits per heavy atom. The van der Waals surface area contributed by atoms with Crippen LogP contribution >= 0.6 is 0 Å². The molecular weight excluding hydrogens is 224 g/mol. The van der Waals surface area contributed by atoms with E-state index in [2.05, 4.69) is 44.8 Å². The fourth-order valence-electron chi connectivity index (χ4n) is 2.60. The van der Waals surface area contributed by atoms with Crippen LogP contribution < -0.4 is 15.5 Å². The smallest absolute Gasteiger partial charge is 0.198 e. The molecule has 1 unspecified atom stereocenters. The standard InChI is InChI=1S/C14H20N4/c1-2-6-13(7-3-1)18-10-9-16-14(18)17-11-12-5-4-8-15-12/h1-3,6-7,12,15H,4-5,8-11H2,(H,16,17). The largest absolute Gasteiger partial charge is 0.354 e. The Kier molecular flexibility index (Phi) is 3.46. The predicted molar refractivity (Wildman–Crippen MR) is 75.1 cm³/mol. The lowest BCUT2D eigenvalue weighted by Gasteiger charge is -2.22. The number of hydrogen-bond acceptors (Lipinski definition) is 4. The number of anilines is 1. The number of para-hydroxylation sites is 1. The van der Waals surface area contributed by atoms with Gasteiger partial charge in [-0.25, -0.2) is 0 Å². The first-order valence-electron chi connectivity index (χ1n) is 6.78. The van der Waals surface area contributed by atoms with Crippen LogP contribution in [0.4, 0.5) is 5.69 Å². The third-order valence-electron chi connectivity index (χ3n) is 3.58. The van der Waals surface area contributed by atoms with E-state index in [1.54, 1.807) is 0 Å². The van der Waals surface area contributed by atoms with Gasteiger partial charge in [-0.15, -0.1) is 0 Å². The van der Waals surface area contributed by atoms with E-state index in [4.69, 9.17) is 0 Å². The molecular formula is C14H20N4. The quantitative estimate of drug-likeness (QED) is 0.839. The lowest BCUT2D eigenvalue weighted by atomic mass is 10.2. The average molecular weight is 244 g/mol. The zero-order chi connectivity index (χ0) is 12.2. The number of aliphatic imine (C=N–C) groups is 1. The molecule has 0 spiro atoms. The molecule has 1 aromatic rings. The highest BCUT2D eigenvalue weighted by Gasteiger charge is 2.20. The second kappa shape index (κ2) is 5.40. The summed E-state index contributed by atoms with van der Waals surface area (Å²) in [4.78, 5) is 6.82. The van der Waals surface area contributed by atoms with E-state index in [1.807, 2.05) is 6.07 Å². The molecule has 0 saturated carbocycles. The van der Waals surface area contributed by atoms with Gasteiger partial charge in [0.2, 0.25) is 0 Å². The first kappa shape index (κ1) is 11.5. The fraction of sp³-hybridized carbons (Fsp3) is 0.500. The van der Waals surface area contributed by atoms with Crippen LogP contribution in [0.25, 0.3) is 0 Å². The van der Waals surface area contributed by atoms with Crippen LogP contribution in [-0.2, 0) is 0 Å². The molecule has 2 aliphatic heterocycles. The van der Waals surface area contributed by atoms with Crippen LogP contribution in [0.5, 0.6) is 0 Å². The van der Waals surface area contributed by atoms with Gasteiger partial charge in [-0.2, -0.15) is 0 Å². The fourth-order valence-corrected chi connectivity index (χ4v) is 2.60. The summed E-state index contributed by atoms with van der Waals surface area (Å²) in [6.07, 6.45) is 2.56. The van der Waals surface area contributed by atoms with Gasteiger partial charge in [-0.3, -0.25) is 4.99 Å². The van der Waals surface area contributed by atoms with Crippen LogP contribution in [0.15, 0.2) is 35.3 Å². The van der Waals surface area contributed by atoms with Gasteiger partial charge in [0.1, 0.15) is 0 Å². The summed E-state index contributed by atoms with van der Waals surface area (Å²) >= 11 is 0. The van der Waals surface area contributed by atoms with Crippen molar-refractivity contribution in [3.63, 3.8) is 0 Å². The van der Waals surface area contributed by atoms with Crippen molar-refractivity contribution in [2.45, 2.75) is 18.9 Å². The average Bonchev–Trinajstić information content (AvgIpc) is 3.09. The van der Waals surface area contributed by atoms with Crippen molar-refractivity contribution in [2.24, 2.45) is 4.99 Å². The SMILES string of the molecule is c1ccc(N2CCN=C2NCC2CCCN2)cc1. The minimum atomic E-state index is 0.603. The third kappa shape index (κ3) is 2.48. The van der Waals surface area contributed by atoms with Crippen molar-refractivity contribution in [3.05, 3.63) is 30.3 Å². The van der Waals surface area contributed by atoms with Crippen LogP contribution in [0, 0.1) is 0 Å². The van der Waals surface area contributed by atoms with Crippen LogP contribution in [-0.4, -0.2) is 38.2 Å². The highest BCUT2D eigenvalue weighted by molar-refractivity contribution is 5.97. The topological polar surface area (TPSA) is 39.7 Å². The molecule has 0 aromatic heterocycles. The predicted octanol–water partition coefficient (Wildman–Crippen LogP) is 1.20. The van der Waals surface area contributed by atoms with Gasteiger partial charge in [0.25, 0.3) is 0 Å². The van der Waals surface area contributed by atoms with Gasteiger partial charge in [-0.05, 0) is 31.5 Å². The van der Waals surface area contributed by atoms with Gasteiger partial charge < -0.3 is 15.5 Å². The molecule has 1 saturated heterocycles. The van der Waals surface area contributed by atoms with Crippen molar-refractivity contribution in [1.29, 1.82) is 0 Å². The van der Waals surface area contributed by atoms with Crippen molar-refractivity contribution < 1.29 is 0 Å². The molecule has 1 fully saturated rings. The molecule has 1 atom stereocenters. The Labute approximate surface area is 108 Å². The highest BCUT2D eigenvalue weighted by Crippen LogP contribution is 2.16. The number of guanidine groups is 1. The summed E-state index contributed by atoms with van der Waals surface area (Å²) in [5.74, 6) is 1.02. The summed E-state index contributed by atoms with van der Waals surface area (Å²) in [5, 5.41) is 6.98. The van der Waals surface area contributed by atoms with E-state index >= 15 is 0 Å². The molecule has 0 aliphatic carbocycles. The Bertz CT molecular complexity index is 409. The molecule has 18 heavy (non-hydrogen) atoms. The van der Waals surface area contributed by atoms with Gasteiger partial charge in [-0.1, -0.05) is 18.2 Å². The Balaban J connectivity index is 1.61. The molecule has 0 amide bonds. The summed E-state index contributed by atoms with van der Waals surface area (Å²) < 4.78 is 0. The summed E-state index contributed by atoms with van der Waals surface area (Å²) in [5.41, 5.74) is 1.22. The van der Waals surface area contributed by atoms with Crippen LogP contribution in [0.3, 0.4) is 0 Å². The summed E-state index contributed by atoms with van der Waals surface area (Å²) in [6.45, 7) is 3.99. The maximum atomic E-state index is 4.56. The summed E-state index contributed by atoms with van der Waals surface area (Å²) in [7, 11) is 0. The van der Waals surface area contributed by atoms with E-state index < -0.39 is 0 Å². The number of benzene rings is 1. The molecule has 96 valence electrons. The van der Waals surface area contributed by atoms with Crippen molar-refractivity contribution in [3.8, 4) is 0 Å². The molecule has 3 rings (SSSR count). The number of nitrogens with zero attached hydrogens (tertiary/aromatic N) is 2. The molecule has 2 N–H and O–H groups in total. The minimum Gasteiger partial charge on any atom is -0.354 e. The zero-order valence-corrected chi connectivity index (χ0v) is 10.6. The Morgan fingerprint density at radius 3 is 3.00 bits per heavy atom. The Morgan fingerprint density at radius 2 is 2.22 bits per heavy atom. The first-order chi connectivity index (χ1) is 8.93. The normalized spacial score (nSPS) is 23.2. The third-order valence-corrected chi connectivity index (χ3v) is 3.58. The van der Waals surface area contributed by atoms with E-state index in [1.165, 1.54) is 18.5 Å². The van der Waals surface area contributed by atoms with Crippen LogP contribution in [0.1, 0.15) is 12.8 Å². The van der Waals surface area contributed by atoms with Crippen LogP contribution in [0.2, 0.25) is 0 Å². The molecule has 2 heterocycles. The van der Waals surface area contributed by atoms with Crippen molar-refractivity contribution in [1.82, 2.24) is 10.6 Å². The lowest BCUT2D eigenvalue weighted by molar-refractivity contribution is 0.588. The van der Waals surface area contributed by atoms with Gasteiger partial charge in [0.15, 0.2) is 5.96 Å². The molecule has 0 radical (unpaired) electrons. The number of nitrogens with one attached hydrogen (secondary N) is 2. The molecule has 2 aliphatic rings. The lowest BCUT2D eigenvalue weighted by Crippen LogP contribution is -2.44. The van der Waals surface area contributed by atoms with E-state index in [0.29, 0.717) is 6.04 Å². The van der Waals surface area contributed by atoms with E-state index in [-0.39, 0.29) is 0 Å².